The molecule has 0 bridgehead atoms. The zero-order chi connectivity index (χ0) is 9.97. The van der Waals surface area contributed by atoms with Crippen LogP contribution in [0.2, 0.25) is 0 Å². The largest absolute Gasteiger partial charge is 0.206 e. The Morgan fingerprint density at radius 3 is 2.57 bits per heavy atom. The van der Waals surface area contributed by atoms with Crippen LogP contribution in [0.3, 0.4) is 0 Å². The molecule has 0 unspecified atom stereocenters. The van der Waals surface area contributed by atoms with E-state index in [1.165, 1.54) is 6.07 Å². The highest BCUT2D eigenvalue weighted by atomic mass is 19.1. The van der Waals surface area contributed by atoms with Crippen molar-refractivity contribution in [3.8, 4) is 6.07 Å². The van der Waals surface area contributed by atoms with Crippen molar-refractivity contribution in [1.29, 1.82) is 5.26 Å². The van der Waals surface area contributed by atoms with E-state index in [2.05, 4.69) is 6.07 Å². The summed E-state index contributed by atoms with van der Waals surface area (Å²) in [5, 5.41) is 10.0. The standard InChI is InChI=1S/C12H8FN/c13-12-6-2-4-10-9(7-8-14)3-1-5-11(10)12/h1-6H,7H2. The fourth-order valence-corrected chi connectivity index (χ4v) is 1.58. The maximum Gasteiger partial charge on any atom is 0.131 e. The maximum absolute atomic E-state index is 13.3. The average Bonchev–Trinajstić information content (AvgIpc) is 2.20. The van der Waals surface area contributed by atoms with E-state index in [-0.39, 0.29) is 5.82 Å². The van der Waals surface area contributed by atoms with Crippen LogP contribution in [0, 0.1) is 17.1 Å². The van der Waals surface area contributed by atoms with Crippen molar-refractivity contribution in [2.24, 2.45) is 0 Å². The Kier molecular flexibility index (Phi) is 2.16. The van der Waals surface area contributed by atoms with Gasteiger partial charge in [0.1, 0.15) is 5.82 Å². The third kappa shape index (κ3) is 1.33. The van der Waals surface area contributed by atoms with Gasteiger partial charge in [-0.15, -0.1) is 0 Å². The van der Waals surface area contributed by atoms with Crippen LogP contribution in [-0.4, -0.2) is 0 Å². The van der Waals surface area contributed by atoms with Gasteiger partial charge in [0.15, 0.2) is 0 Å². The molecule has 0 aromatic heterocycles. The van der Waals surface area contributed by atoms with Crippen LogP contribution >= 0.6 is 0 Å². The van der Waals surface area contributed by atoms with Crippen molar-refractivity contribution in [1.82, 2.24) is 0 Å². The quantitative estimate of drug-likeness (QED) is 0.669. The molecule has 0 saturated heterocycles. The summed E-state index contributed by atoms with van der Waals surface area (Å²) in [5.74, 6) is -0.234. The summed E-state index contributed by atoms with van der Waals surface area (Å²) < 4.78 is 13.3. The van der Waals surface area contributed by atoms with E-state index in [0.29, 0.717) is 11.8 Å². The molecule has 0 heterocycles. The average molecular weight is 185 g/mol. The molecule has 0 radical (unpaired) electrons. The first kappa shape index (κ1) is 8.71. The number of nitrogens with zero attached hydrogens (tertiary/aromatic N) is 1. The second-order valence-corrected chi connectivity index (χ2v) is 3.09. The number of nitriles is 1. The number of benzene rings is 2. The lowest BCUT2D eigenvalue weighted by Crippen LogP contribution is -1.86. The summed E-state index contributed by atoms with van der Waals surface area (Å²) in [7, 11) is 0. The van der Waals surface area contributed by atoms with Crippen molar-refractivity contribution in [2.75, 3.05) is 0 Å². The van der Waals surface area contributed by atoms with E-state index in [4.69, 9.17) is 5.26 Å². The molecule has 0 fully saturated rings. The first-order valence-electron chi connectivity index (χ1n) is 4.36. The van der Waals surface area contributed by atoms with E-state index >= 15 is 0 Å². The van der Waals surface area contributed by atoms with Crippen molar-refractivity contribution < 1.29 is 4.39 Å². The molecule has 2 aromatic carbocycles. The van der Waals surface area contributed by atoms with E-state index < -0.39 is 0 Å². The minimum absolute atomic E-state index is 0.234. The summed E-state index contributed by atoms with van der Waals surface area (Å²) in [6, 6.07) is 12.4. The van der Waals surface area contributed by atoms with E-state index in [9.17, 15) is 4.39 Å². The molecule has 2 heteroatoms. The van der Waals surface area contributed by atoms with Gasteiger partial charge in [0.2, 0.25) is 0 Å². The second-order valence-electron chi connectivity index (χ2n) is 3.09. The normalized spacial score (nSPS) is 10.0. The molecular formula is C12H8FN. The van der Waals surface area contributed by atoms with Gasteiger partial charge in [-0.1, -0.05) is 30.3 Å². The van der Waals surface area contributed by atoms with Gasteiger partial charge >= 0.3 is 0 Å². The molecule has 0 saturated carbocycles. The van der Waals surface area contributed by atoms with Gasteiger partial charge in [0.25, 0.3) is 0 Å². The topological polar surface area (TPSA) is 23.8 Å². The molecule has 68 valence electrons. The molecule has 0 N–H and O–H groups in total. The Morgan fingerprint density at radius 2 is 1.79 bits per heavy atom. The third-order valence-electron chi connectivity index (χ3n) is 2.23. The molecule has 0 aliphatic rings. The molecular weight excluding hydrogens is 177 g/mol. The Balaban J connectivity index is 2.76. The third-order valence-corrected chi connectivity index (χ3v) is 2.23. The SMILES string of the molecule is N#CCc1cccc2c(F)cccc12. The smallest absolute Gasteiger partial charge is 0.131 e. The molecule has 2 rings (SSSR count). The molecule has 0 aliphatic carbocycles. The zero-order valence-electron chi connectivity index (χ0n) is 7.50. The Bertz CT molecular complexity index is 511. The Labute approximate surface area is 81.4 Å². The van der Waals surface area contributed by atoms with Crippen LogP contribution in [-0.2, 0) is 6.42 Å². The summed E-state index contributed by atoms with van der Waals surface area (Å²) in [5.41, 5.74) is 0.879. The first-order valence-corrected chi connectivity index (χ1v) is 4.36. The van der Waals surface area contributed by atoms with Gasteiger partial charge in [-0.25, -0.2) is 4.39 Å². The van der Waals surface area contributed by atoms with Gasteiger partial charge in [-0.05, 0) is 17.0 Å². The van der Waals surface area contributed by atoms with E-state index in [1.54, 1.807) is 18.2 Å². The van der Waals surface area contributed by atoms with Gasteiger partial charge in [0, 0.05) is 5.39 Å². The van der Waals surface area contributed by atoms with E-state index in [0.717, 1.165) is 10.9 Å². The summed E-state index contributed by atoms with van der Waals surface area (Å²) in [6.45, 7) is 0. The predicted octanol–water partition coefficient (Wildman–Crippen LogP) is 3.04. The lowest BCUT2D eigenvalue weighted by Gasteiger charge is -2.02. The van der Waals surface area contributed by atoms with Crippen LogP contribution in [0.15, 0.2) is 36.4 Å². The Morgan fingerprint density at radius 1 is 1.07 bits per heavy atom. The van der Waals surface area contributed by atoms with Crippen molar-refractivity contribution in [3.05, 3.63) is 47.8 Å². The van der Waals surface area contributed by atoms with Crippen molar-refractivity contribution in [2.45, 2.75) is 6.42 Å². The highest BCUT2D eigenvalue weighted by Gasteiger charge is 2.03. The number of hydrogen-bond acceptors (Lipinski definition) is 1. The summed E-state index contributed by atoms with van der Waals surface area (Å²) in [6.07, 6.45) is 0.320. The minimum atomic E-state index is -0.234. The van der Waals surface area contributed by atoms with Gasteiger partial charge in [-0.2, -0.15) is 5.26 Å². The van der Waals surface area contributed by atoms with Crippen LogP contribution in [0.5, 0.6) is 0 Å². The molecule has 14 heavy (non-hydrogen) atoms. The number of rotatable bonds is 1. The highest BCUT2D eigenvalue weighted by molar-refractivity contribution is 5.86. The lowest BCUT2D eigenvalue weighted by molar-refractivity contribution is 0.640. The maximum atomic E-state index is 13.3. The fraction of sp³-hybridized carbons (Fsp3) is 0.0833. The summed E-state index contributed by atoms with van der Waals surface area (Å²) >= 11 is 0. The van der Waals surface area contributed by atoms with Gasteiger partial charge in [-0.3, -0.25) is 0 Å². The fourth-order valence-electron chi connectivity index (χ4n) is 1.58. The van der Waals surface area contributed by atoms with Gasteiger partial charge < -0.3 is 0 Å². The monoisotopic (exact) mass is 185 g/mol. The second kappa shape index (κ2) is 3.47. The van der Waals surface area contributed by atoms with Crippen molar-refractivity contribution >= 4 is 10.8 Å². The number of halogens is 1. The number of fused-ring (bicyclic) bond motifs is 1. The molecule has 0 atom stereocenters. The van der Waals surface area contributed by atoms with Crippen LogP contribution in [0.1, 0.15) is 5.56 Å². The van der Waals surface area contributed by atoms with E-state index in [1.807, 2.05) is 12.1 Å². The van der Waals surface area contributed by atoms with Gasteiger partial charge in [0.05, 0.1) is 12.5 Å². The van der Waals surface area contributed by atoms with Crippen molar-refractivity contribution in [3.63, 3.8) is 0 Å². The number of hydrogen-bond donors (Lipinski definition) is 0. The van der Waals surface area contributed by atoms with Crippen LogP contribution < -0.4 is 0 Å². The molecule has 0 amide bonds. The molecule has 0 spiro atoms. The van der Waals surface area contributed by atoms with Crippen LogP contribution in [0.25, 0.3) is 10.8 Å². The molecule has 1 nitrogen and oxygen atoms in total. The molecule has 0 aliphatic heterocycles. The summed E-state index contributed by atoms with van der Waals surface area (Å²) in [4.78, 5) is 0. The minimum Gasteiger partial charge on any atom is -0.206 e. The predicted molar refractivity (Wildman–Crippen MR) is 53.2 cm³/mol. The zero-order valence-corrected chi connectivity index (χ0v) is 7.50. The lowest BCUT2D eigenvalue weighted by atomic mass is 10.0. The van der Waals surface area contributed by atoms with Crippen LogP contribution in [0.4, 0.5) is 4.39 Å². The first-order chi connectivity index (χ1) is 6.83. The highest BCUT2D eigenvalue weighted by Crippen LogP contribution is 2.21. The Hall–Kier alpha value is -1.88. The molecule has 2 aromatic rings.